The number of furan rings is 1. The van der Waals surface area contributed by atoms with Crippen LogP contribution in [0.1, 0.15) is 16.1 Å². The van der Waals surface area contributed by atoms with Crippen molar-refractivity contribution in [2.24, 2.45) is 0 Å². The highest BCUT2D eigenvalue weighted by Crippen LogP contribution is 2.17. The number of nitrogens with one attached hydrogen (secondary N) is 2. The van der Waals surface area contributed by atoms with E-state index in [0.717, 1.165) is 0 Å². The van der Waals surface area contributed by atoms with Gasteiger partial charge in [-0.2, -0.15) is 0 Å². The minimum Gasteiger partial charge on any atom is -0.459 e. The molecule has 0 bridgehead atoms. The van der Waals surface area contributed by atoms with Crippen molar-refractivity contribution in [3.05, 3.63) is 99.1 Å². The van der Waals surface area contributed by atoms with Crippen molar-refractivity contribution in [3.8, 4) is 0 Å². The van der Waals surface area contributed by atoms with Crippen LogP contribution in [-0.2, 0) is 4.79 Å². The molecule has 1 aromatic heterocycles. The number of hydrogen-bond donors (Lipinski definition) is 2. The fourth-order valence-corrected chi connectivity index (χ4v) is 2.47. The van der Waals surface area contributed by atoms with Gasteiger partial charge in [0, 0.05) is 22.8 Å². The van der Waals surface area contributed by atoms with Crippen LogP contribution in [0.25, 0.3) is 6.08 Å². The van der Waals surface area contributed by atoms with E-state index in [1.807, 2.05) is 0 Å². The second kappa shape index (κ2) is 8.85. The van der Waals surface area contributed by atoms with Crippen molar-refractivity contribution in [2.45, 2.75) is 0 Å². The van der Waals surface area contributed by atoms with Gasteiger partial charge in [-0.25, -0.2) is 0 Å². The maximum absolute atomic E-state index is 12.7. The zero-order chi connectivity index (χ0) is 20.8. The third-order valence-corrected chi connectivity index (χ3v) is 4.01. The van der Waals surface area contributed by atoms with E-state index in [9.17, 15) is 19.7 Å². The lowest BCUT2D eigenvalue weighted by Gasteiger charge is -2.10. The summed E-state index contributed by atoms with van der Waals surface area (Å²) in [5, 5.41) is 16.4. The first-order valence-electron chi connectivity index (χ1n) is 8.30. The van der Waals surface area contributed by atoms with Gasteiger partial charge in [0.05, 0.1) is 11.2 Å². The summed E-state index contributed by atoms with van der Waals surface area (Å²) in [6.45, 7) is 0. The number of amides is 2. The zero-order valence-electron chi connectivity index (χ0n) is 14.8. The Morgan fingerprint density at radius 3 is 2.31 bits per heavy atom. The molecule has 0 aliphatic heterocycles. The molecule has 3 aromatic rings. The minimum atomic E-state index is -0.617. The van der Waals surface area contributed by atoms with E-state index in [0.29, 0.717) is 16.3 Å². The number of nitrogens with zero attached hydrogens (tertiary/aromatic N) is 1. The third kappa shape index (κ3) is 5.30. The number of benzene rings is 2. The predicted molar refractivity (Wildman–Crippen MR) is 107 cm³/mol. The van der Waals surface area contributed by atoms with Gasteiger partial charge in [0.15, 0.2) is 5.76 Å². The number of carbonyl (C=O) groups is 2. The molecule has 0 saturated carbocycles. The van der Waals surface area contributed by atoms with Crippen LogP contribution in [0.3, 0.4) is 0 Å². The van der Waals surface area contributed by atoms with Crippen molar-refractivity contribution >= 4 is 40.9 Å². The highest BCUT2D eigenvalue weighted by Gasteiger charge is 2.17. The molecule has 0 fully saturated rings. The quantitative estimate of drug-likeness (QED) is 0.357. The van der Waals surface area contributed by atoms with Crippen LogP contribution in [0.5, 0.6) is 0 Å². The number of halogens is 1. The molecule has 2 amide bonds. The Morgan fingerprint density at radius 2 is 1.72 bits per heavy atom. The average molecular weight is 412 g/mol. The van der Waals surface area contributed by atoms with Crippen LogP contribution in [0.2, 0.25) is 5.02 Å². The van der Waals surface area contributed by atoms with Crippen LogP contribution in [0.15, 0.2) is 77.0 Å². The molecule has 3 rings (SSSR count). The number of nitro groups is 1. The molecule has 0 aliphatic carbocycles. The minimum absolute atomic E-state index is 0.0372. The number of carbonyl (C=O) groups excluding carboxylic acids is 2. The van der Waals surface area contributed by atoms with Gasteiger partial charge in [0.25, 0.3) is 17.5 Å². The largest absolute Gasteiger partial charge is 0.459 e. The van der Waals surface area contributed by atoms with Gasteiger partial charge in [0.2, 0.25) is 0 Å². The normalized spacial score (nSPS) is 11.0. The number of non-ortho nitro benzene ring substituents is 1. The maximum Gasteiger partial charge on any atom is 0.291 e. The lowest BCUT2D eigenvalue weighted by atomic mass is 10.2. The Morgan fingerprint density at radius 1 is 1.03 bits per heavy atom. The zero-order valence-corrected chi connectivity index (χ0v) is 15.6. The topological polar surface area (TPSA) is 114 Å². The fraction of sp³-hybridized carbons (Fsp3) is 0. The Labute approximate surface area is 169 Å². The van der Waals surface area contributed by atoms with Gasteiger partial charge in [-0.15, -0.1) is 0 Å². The molecule has 0 aliphatic rings. The van der Waals surface area contributed by atoms with Gasteiger partial charge in [-0.1, -0.05) is 23.7 Å². The van der Waals surface area contributed by atoms with E-state index in [1.165, 1.54) is 42.7 Å². The van der Waals surface area contributed by atoms with Crippen molar-refractivity contribution in [1.29, 1.82) is 0 Å². The third-order valence-electron chi connectivity index (χ3n) is 3.75. The summed E-state index contributed by atoms with van der Waals surface area (Å²) in [5.41, 5.74) is 0.802. The molecular weight excluding hydrogens is 398 g/mol. The van der Waals surface area contributed by atoms with Crippen molar-refractivity contribution in [3.63, 3.8) is 0 Å². The predicted octanol–water partition coefficient (Wildman–Crippen LogP) is 4.25. The Kier molecular flexibility index (Phi) is 6.06. The number of anilines is 1. The molecule has 8 nitrogen and oxygen atoms in total. The highest BCUT2D eigenvalue weighted by molar-refractivity contribution is 6.30. The summed E-state index contributed by atoms with van der Waals surface area (Å²) in [4.78, 5) is 35.2. The maximum atomic E-state index is 12.7. The van der Waals surface area contributed by atoms with Crippen LogP contribution in [-0.4, -0.2) is 16.7 Å². The van der Waals surface area contributed by atoms with Gasteiger partial charge < -0.3 is 15.1 Å². The molecule has 9 heteroatoms. The van der Waals surface area contributed by atoms with Crippen LogP contribution < -0.4 is 10.6 Å². The lowest BCUT2D eigenvalue weighted by Crippen LogP contribution is -2.30. The Hall–Kier alpha value is -3.91. The molecule has 0 spiro atoms. The summed E-state index contributed by atoms with van der Waals surface area (Å²) in [7, 11) is 0. The first-order valence-corrected chi connectivity index (χ1v) is 8.68. The summed E-state index contributed by atoms with van der Waals surface area (Å²) >= 11 is 5.87. The molecule has 0 radical (unpaired) electrons. The SMILES string of the molecule is O=C(Nc1ccc([N+](=O)[O-])cc1)/C(=C\c1ccc(Cl)cc1)NC(=O)c1ccco1. The molecule has 2 aromatic carbocycles. The summed E-state index contributed by atoms with van der Waals surface area (Å²) in [6, 6.07) is 15.0. The molecule has 0 saturated heterocycles. The van der Waals surface area contributed by atoms with E-state index in [1.54, 1.807) is 30.3 Å². The van der Waals surface area contributed by atoms with E-state index in [2.05, 4.69) is 10.6 Å². The summed E-state index contributed by atoms with van der Waals surface area (Å²) in [5.74, 6) is -1.18. The Bertz CT molecular complexity index is 1060. The average Bonchev–Trinajstić information content (AvgIpc) is 3.24. The molecule has 2 N–H and O–H groups in total. The number of hydrogen-bond acceptors (Lipinski definition) is 5. The van der Waals surface area contributed by atoms with E-state index in [-0.39, 0.29) is 17.1 Å². The summed E-state index contributed by atoms with van der Waals surface area (Å²) in [6.07, 6.45) is 2.81. The standard InChI is InChI=1S/C20H14ClN3O5/c21-14-5-3-13(4-6-14)12-17(23-20(26)18-2-1-11-29-18)19(25)22-15-7-9-16(10-8-15)24(27)28/h1-12H,(H,22,25)(H,23,26)/b17-12+. The second-order valence-electron chi connectivity index (χ2n) is 5.80. The van der Waals surface area contributed by atoms with Crippen molar-refractivity contribution < 1.29 is 18.9 Å². The van der Waals surface area contributed by atoms with Crippen LogP contribution in [0.4, 0.5) is 11.4 Å². The second-order valence-corrected chi connectivity index (χ2v) is 6.24. The number of rotatable bonds is 6. The van der Waals surface area contributed by atoms with Crippen molar-refractivity contribution in [2.75, 3.05) is 5.32 Å². The Balaban J connectivity index is 1.84. The number of nitro benzene ring substituents is 1. The molecule has 0 unspecified atom stereocenters. The first-order chi connectivity index (χ1) is 13.9. The first kappa shape index (κ1) is 19.8. The van der Waals surface area contributed by atoms with Crippen molar-refractivity contribution in [1.82, 2.24) is 5.32 Å². The van der Waals surface area contributed by atoms with Gasteiger partial charge in [-0.3, -0.25) is 19.7 Å². The van der Waals surface area contributed by atoms with Crippen LogP contribution >= 0.6 is 11.6 Å². The monoisotopic (exact) mass is 411 g/mol. The van der Waals surface area contributed by atoms with Gasteiger partial charge in [-0.05, 0) is 48.0 Å². The van der Waals surface area contributed by atoms with E-state index >= 15 is 0 Å². The molecule has 0 atom stereocenters. The molecule has 1 heterocycles. The van der Waals surface area contributed by atoms with Gasteiger partial charge >= 0.3 is 0 Å². The van der Waals surface area contributed by atoms with Crippen LogP contribution in [0, 0.1) is 10.1 Å². The molecule has 29 heavy (non-hydrogen) atoms. The van der Waals surface area contributed by atoms with E-state index < -0.39 is 16.7 Å². The molecule has 146 valence electrons. The highest BCUT2D eigenvalue weighted by atomic mass is 35.5. The smallest absolute Gasteiger partial charge is 0.291 e. The van der Waals surface area contributed by atoms with E-state index in [4.69, 9.17) is 16.0 Å². The fourth-order valence-electron chi connectivity index (χ4n) is 2.34. The summed E-state index contributed by atoms with van der Waals surface area (Å²) < 4.78 is 5.04. The lowest BCUT2D eigenvalue weighted by molar-refractivity contribution is -0.384. The molecular formula is C20H14ClN3O5. The van der Waals surface area contributed by atoms with Gasteiger partial charge in [0.1, 0.15) is 5.70 Å².